The highest BCUT2D eigenvalue weighted by atomic mass is 16.3. The number of aliphatic hydroxyl groups is 2. The minimum Gasteiger partial charge on any atom is -0.394 e. The molecule has 0 amide bonds. The summed E-state index contributed by atoms with van der Waals surface area (Å²) in [5.41, 5.74) is 5.37. The van der Waals surface area contributed by atoms with Crippen molar-refractivity contribution in [2.45, 2.75) is 12.2 Å². The molecule has 15 heavy (non-hydrogen) atoms. The zero-order valence-electron chi connectivity index (χ0n) is 8.40. The normalized spacial score (nSPS) is 14.9. The van der Waals surface area contributed by atoms with Crippen LogP contribution in [0.15, 0.2) is 17.1 Å². The monoisotopic (exact) mass is 213 g/mol. The molecule has 0 aliphatic rings. The Balaban J connectivity index is 2.86. The van der Waals surface area contributed by atoms with Gasteiger partial charge in [0.05, 0.1) is 11.8 Å². The van der Waals surface area contributed by atoms with Crippen LogP contribution in [-0.2, 0) is 0 Å². The van der Waals surface area contributed by atoms with E-state index < -0.39 is 17.8 Å². The molecule has 6 N–H and O–H groups in total. The van der Waals surface area contributed by atoms with E-state index in [9.17, 15) is 15.0 Å². The molecule has 0 aliphatic carbocycles. The number of nitrogen functional groups attached to an aromatic ring is 1. The molecule has 6 nitrogen and oxygen atoms in total. The topological polar surface area (TPSA) is 111 Å². The second kappa shape index (κ2) is 4.92. The van der Waals surface area contributed by atoms with Crippen molar-refractivity contribution in [3.05, 3.63) is 28.2 Å². The number of aliphatic hydroxyl groups excluding tert-OH is 2. The van der Waals surface area contributed by atoms with E-state index >= 15 is 0 Å². The standard InChI is InChI=1S/C9H15N3O3/c1-11-4-7(13)8(14)5-2-6(10)9(15)12-3-5/h2-3,7-8,11,13-14H,4,10H2,1H3,(H,12,15). The number of H-pyrrole nitrogens is 1. The summed E-state index contributed by atoms with van der Waals surface area (Å²) in [5.74, 6) is 0. The van der Waals surface area contributed by atoms with Crippen LogP contribution in [-0.4, -0.2) is 34.9 Å². The Morgan fingerprint density at radius 1 is 1.60 bits per heavy atom. The number of aromatic nitrogens is 1. The maximum atomic E-state index is 11.0. The highest BCUT2D eigenvalue weighted by Crippen LogP contribution is 2.15. The number of anilines is 1. The van der Waals surface area contributed by atoms with E-state index in [4.69, 9.17) is 5.73 Å². The summed E-state index contributed by atoms with van der Waals surface area (Å²) in [6, 6.07) is 1.35. The van der Waals surface area contributed by atoms with Crippen molar-refractivity contribution >= 4 is 5.69 Å². The quantitative estimate of drug-likeness (QED) is 0.421. The lowest BCUT2D eigenvalue weighted by atomic mass is 10.1. The Kier molecular flexibility index (Phi) is 3.84. The molecule has 1 heterocycles. The molecule has 1 aromatic rings. The van der Waals surface area contributed by atoms with E-state index in [0.29, 0.717) is 5.56 Å². The smallest absolute Gasteiger partial charge is 0.271 e. The summed E-state index contributed by atoms with van der Waals surface area (Å²) in [7, 11) is 1.66. The Morgan fingerprint density at radius 3 is 2.80 bits per heavy atom. The van der Waals surface area contributed by atoms with Crippen molar-refractivity contribution in [1.82, 2.24) is 10.3 Å². The average molecular weight is 213 g/mol. The molecule has 0 fully saturated rings. The number of hydrogen-bond acceptors (Lipinski definition) is 5. The van der Waals surface area contributed by atoms with Gasteiger partial charge < -0.3 is 26.2 Å². The molecule has 6 heteroatoms. The lowest BCUT2D eigenvalue weighted by Crippen LogP contribution is -2.30. The molecule has 0 saturated carbocycles. The van der Waals surface area contributed by atoms with Crippen LogP contribution in [0.25, 0.3) is 0 Å². The Labute approximate surface area is 86.8 Å². The van der Waals surface area contributed by atoms with Gasteiger partial charge in [-0.1, -0.05) is 0 Å². The first-order chi connectivity index (χ1) is 7.06. The molecule has 2 atom stereocenters. The molecule has 1 rings (SSSR count). The van der Waals surface area contributed by atoms with Crippen molar-refractivity contribution in [3.63, 3.8) is 0 Å². The number of pyridine rings is 1. The summed E-state index contributed by atoms with van der Waals surface area (Å²) in [6.07, 6.45) is -0.681. The van der Waals surface area contributed by atoms with Gasteiger partial charge >= 0.3 is 0 Å². The van der Waals surface area contributed by atoms with E-state index in [1.54, 1.807) is 7.05 Å². The minimum atomic E-state index is -1.07. The second-order valence-corrected chi connectivity index (χ2v) is 3.29. The third-order valence-electron chi connectivity index (χ3n) is 2.07. The molecule has 84 valence electrons. The highest BCUT2D eigenvalue weighted by molar-refractivity contribution is 5.38. The fraction of sp³-hybridized carbons (Fsp3) is 0.444. The van der Waals surface area contributed by atoms with Crippen molar-refractivity contribution in [1.29, 1.82) is 0 Å². The van der Waals surface area contributed by atoms with Gasteiger partial charge in [-0.2, -0.15) is 0 Å². The minimum absolute atomic E-state index is 0.0169. The van der Waals surface area contributed by atoms with E-state index in [1.807, 2.05) is 0 Å². The van der Waals surface area contributed by atoms with Gasteiger partial charge in [-0.05, 0) is 13.1 Å². The Hall–Kier alpha value is -1.37. The Bertz CT molecular complexity index is 377. The second-order valence-electron chi connectivity index (χ2n) is 3.29. The third-order valence-corrected chi connectivity index (χ3v) is 2.07. The molecular weight excluding hydrogens is 198 g/mol. The molecule has 1 aromatic heterocycles. The average Bonchev–Trinajstić information content (AvgIpc) is 2.21. The first kappa shape index (κ1) is 11.7. The van der Waals surface area contributed by atoms with Crippen molar-refractivity contribution in [2.24, 2.45) is 0 Å². The van der Waals surface area contributed by atoms with Crippen LogP contribution < -0.4 is 16.6 Å². The molecular formula is C9H15N3O3. The van der Waals surface area contributed by atoms with Gasteiger partial charge in [-0.15, -0.1) is 0 Å². The van der Waals surface area contributed by atoms with Crippen LogP contribution in [0.3, 0.4) is 0 Å². The molecule has 0 spiro atoms. The molecule has 0 saturated heterocycles. The van der Waals surface area contributed by atoms with Crippen molar-refractivity contribution < 1.29 is 10.2 Å². The number of rotatable bonds is 4. The number of nitrogens with one attached hydrogen (secondary N) is 2. The maximum absolute atomic E-state index is 11.0. The molecule has 0 radical (unpaired) electrons. The van der Waals surface area contributed by atoms with Gasteiger partial charge in [0.2, 0.25) is 0 Å². The fourth-order valence-corrected chi connectivity index (χ4v) is 1.23. The van der Waals surface area contributed by atoms with Gasteiger partial charge in [0, 0.05) is 18.3 Å². The van der Waals surface area contributed by atoms with Crippen LogP contribution in [0.4, 0.5) is 5.69 Å². The highest BCUT2D eigenvalue weighted by Gasteiger charge is 2.18. The Morgan fingerprint density at radius 2 is 2.27 bits per heavy atom. The van der Waals surface area contributed by atoms with E-state index in [0.717, 1.165) is 0 Å². The predicted molar refractivity (Wildman–Crippen MR) is 56.4 cm³/mol. The largest absolute Gasteiger partial charge is 0.394 e. The SMILES string of the molecule is CNCC(O)C(O)c1c[nH]c(=O)c(N)c1. The van der Waals surface area contributed by atoms with Gasteiger partial charge in [-0.25, -0.2) is 0 Å². The predicted octanol–water partition coefficient (Wildman–Crippen LogP) is -1.43. The van der Waals surface area contributed by atoms with Gasteiger partial charge in [0.25, 0.3) is 5.56 Å². The number of nitrogens with two attached hydrogens (primary N) is 1. The van der Waals surface area contributed by atoms with E-state index in [1.165, 1.54) is 12.3 Å². The summed E-state index contributed by atoms with van der Waals surface area (Å²) < 4.78 is 0. The van der Waals surface area contributed by atoms with Crippen LogP contribution >= 0.6 is 0 Å². The van der Waals surface area contributed by atoms with Crippen LogP contribution in [0.5, 0.6) is 0 Å². The van der Waals surface area contributed by atoms with E-state index in [2.05, 4.69) is 10.3 Å². The number of hydrogen-bond donors (Lipinski definition) is 5. The van der Waals surface area contributed by atoms with Gasteiger partial charge in [0.1, 0.15) is 6.10 Å². The molecule has 0 bridgehead atoms. The molecule has 2 unspecified atom stereocenters. The lowest BCUT2D eigenvalue weighted by molar-refractivity contribution is 0.0200. The van der Waals surface area contributed by atoms with Gasteiger partial charge in [0.15, 0.2) is 0 Å². The summed E-state index contributed by atoms with van der Waals surface area (Å²) in [4.78, 5) is 13.3. The lowest BCUT2D eigenvalue weighted by Gasteiger charge is -2.17. The fourth-order valence-electron chi connectivity index (χ4n) is 1.23. The summed E-state index contributed by atoms with van der Waals surface area (Å²) >= 11 is 0. The van der Waals surface area contributed by atoms with Crippen molar-refractivity contribution in [2.75, 3.05) is 19.3 Å². The first-order valence-electron chi connectivity index (χ1n) is 4.55. The molecule has 0 aromatic carbocycles. The first-order valence-corrected chi connectivity index (χ1v) is 4.55. The number of aromatic amines is 1. The van der Waals surface area contributed by atoms with Crippen molar-refractivity contribution in [3.8, 4) is 0 Å². The van der Waals surface area contributed by atoms with E-state index in [-0.39, 0.29) is 12.2 Å². The van der Waals surface area contributed by atoms with Crippen LogP contribution in [0, 0.1) is 0 Å². The molecule has 0 aliphatic heterocycles. The van der Waals surface area contributed by atoms with Crippen LogP contribution in [0.2, 0.25) is 0 Å². The third kappa shape index (κ3) is 2.79. The summed E-state index contributed by atoms with van der Waals surface area (Å²) in [6.45, 7) is 0.250. The number of likely N-dealkylation sites (N-methyl/N-ethyl adjacent to an activating group) is 1. The van der Waals surface area contributed by atoms with Crippen LogP contribution in [0.1, 0.15) is 11.7 Å². The zero-order valence-corrected chi connectivity index (χ0v) is 8.40. The van der Waals surface area contributed by atoms with Gasteiger partial charge in [-0.3, -0.25) is 4.79 Å². The summed E-state index contributed by atoms with van der Waals surface area (Å²) in [5, 5.41) is 21.9. The zero-order chi connectivity index (χ0) is 11.4. The maximum Gasteiger partial charge on any atom is 0.271 e.